The summed E-state index contributed by atoms with van der Waals surface area (Å²) in [7, 11) is 0. The molecule has 12 heavy (non-hydrogen) atoms. The van der Waals surface area contributed by atoms with Gasteiger partial charge >= 0.3 is 0 Å². The smallest absolute Gasteiger partial charge is 0.137 e. The molecular weight excluding hydrogens is 154 g/mol. The number of Topliss-reactive ketones (excluding diaryl/α,β-unsaturated/α-hetero) is 1. The molecule has 0 aromatic heterocycles. The maximum absolute atomic E-state index is 10.4. The Bertz CT molecular complexity index is 141. The molecule has 1 saturated heterocycles. The highest BCUT2D eigenvalue weighted by atomic mass is 16.5. The molecule has 1 heterocycles. The molecule has 3 nitrogen and oxygen atoms in total. The zero-order valence-electron chi connectivity index (χ0n) is 7.29. The van der Waals surface area contributed by atoms with Gasteiger partial charge in [0.2, 0.25) is 0 Å². The summed E-state index contributed by atoms with van der Waals surface area (Å²) >= 11 is 0. The number of ether oxygens (including phenoxy) is 1. The first-order valence-electron chi connectivity index (χ1n) is 4.37. The van der Waals surface area contributed by atoms with Crippen molar-refractivity contribution in [3.05, 3.63) is 6.92 Å². The molecule has 3 heteroatoms. The average Bonchev–Trinajstić information content (AvgIpc) is 2.05. The van der Waals surface area contributed by atoms with Gasteiger partial charge in [-0.1, -0.05) is 0 Å². The quantitative estimate of drug-likeness (QED) is 0.609. The summed E-state index contributed by atoms with van der Waals surface area (Å²) in [6, 6.07) is 0. The standard InChI is InChI=1S/C9H15NO2/c1-9(11)3-2-4-10-5-7-12-8-6-10/h1H,2-8H2. The van der Waals surface area contributed by atoms with E-state index >= 15 is 0 Å². The van der Waals surface area contributed by atoms with E-state index < -0.39 is 0 Å². The summed E-state index contributed by atoms with van der Waals surface area (Å²) in [6.07, 6.45) is 1.37. The van der Waals surface area contributed by atoms with E-state index in [4.69, 9.17) is 11.7 Å². The summed E-state index contributed by atoms with van der Waals surface area (Å²) < 4.78 is 5.19. The second kappa shape index (κ2) is 5.27. The predicted octanol–water partition coefficient (Wildman–Crippen LogP) is 0.379. The number of ketones is 1. The minimum atomic E-state index is -0.205. The van der Waals surface area contributed by atoms with E-state index in [1.54, 1.807) is 0 Å². The normalized spacial score (nSPS) is 19.4. The number of hydrogen-bond acceptors (Lipinski definition) is 3. The lowest BCUT2D eigenvalue weighted by Gasteiger charge is -2.26. The van der Waals surface area contributed by atoms with Crippen LogP contribution in [0.25, 0.3) is 0 Å². The zero-order valence-corrected chi connectivity index (χ0v) is 7.29. The Morgan fingerprint density at radius 2 is 2.08 bits per heavy atom. The van der Waals surface area contributed by atoms with Crippen molar-refractivity contribution in [3.8, 4) is 0 Å². The number of carbonyl (C=O) groups excluding carboxylic acids is 1. The first-order chi connectivity index (χ1) is 5.79. The maximum atomic E-state index is 10.4. The summed E-state index contributed by atoms with van der Waals surface area (Å²) in [6.45, 7) is 9.59. The molecule has 1 aliphatic rings. The summed E-state index contributed by atoms with van der Waals surface area (Å²) in [4.78, 5) is 12.7. The van der Waals surface area contributed by atoms with Crippen molar-refractivity contribution in [2.75, 3.05) is 32.8 Å². The van der Waals surface area contributed by atoms with Crippen LogP contribution in [0.15, 0.2) is 0 Å². The van der Waals surface area contributed by atoms with Gasteiger partial charge in [0.15, 0.2) is 0 Å². The zero-order chi connectivity index (χ0) is 8.81. The molecule has 0 atom stereocenters. The van der Waals surface area contributed by atoms with Gasteiger partial charge in [-0.05, 0) is 13.0 Å². The van der Waals surface area contributed by atoms with Crippen LogP contribution in [0.4, 0.5) is 0 Å². The summed E-state index contributed by atoms with van der Waals surface area (Å²) in [5, 5.41) is 0. The van der Waals surface area contributed by atoms with Crippen LogP contribution < -0.4 is 0 Å². The van der Waals surface area contributed by atoms with Crippen LogP contribution in [0, 0.1) is 6.92 Å². The Morgan fingerprint density at radius 1 is 1.42 bits per heavy atom. The maximum Gasteiger partial charge on any atom is 0.137 e. The highest BCUT2D eigenvalue weighted by molar-refractivity contribution is 5.82. The second-order valence-corrected chi connectivity index (χ2v) is 3.02. The lowest BCUT2D eigenvalue weighted by Crippen LogP contribution is -2.36. The molecule has 2 radical (unpaired) electrons. The fourth-order valence-electron chi connectivity index (χ4n) is 1.30. The van der Waals surface area contributed by atoms with E-state index in [0.29, 0.717) is 6.42 Å². The fraction of sp³-hybridized carbons (Fsp3) is 0.778. The van der Waals surface area contributed by atoms with Gasteiger partial charge in [-0.25, -0.2) is 0 Å². The molecule has 1 aliphatic heterocycles. The van der Waals surface area contributed by atoms with Gasteiger partial charge in [0.05, 0.1) is 13.2 Å². The Hall–Kier alpha value is -0.410. The lowest BCUT2D eigenvalue weighted by atomic mass is 10.2. The fourth-order valence-corrected chi connectivity index (χ4v) is 1.30. The molecule has 68 valence electrons. The Labute approximate surface area is 73.7 Å². The van der Waals surface area contributed by atoms with Crippen molar-refractivity contribution in [1.29, 1.82) is 0 Å². The Kier molecular flexibility index (Phi) is 4.25. The molecule has 1 fully saturated rings. The Morgan fingerprint density at radius 3 is 2.67 bits per heavy atom. The molecule has 0 amide bonds. The topological polar surface area (TPSA) is 29.5 Å². The van der Waals surface area contributed by atoms with Crippen LogP contribution in [-0.4, -0.2) is 43.5 Å². The molecule has 0 aromatic carbocycles. The highest BCUT2D eigenvalue weighted by Gasteiger charge is 2.09. The average molecular weight is 169 g/mol. The van der Waals surface area contributed by atoms with Crippen molar-refractivity contribution in [2.24, 2.45) is 0 Å². The van der Waals surface area contributed by atoms with Gasteiger partial charge in [0.1, 0.15) is 5.78 Å². The Balaban J connectivity index is 2.01. The number of morpholine rings is 1. The molecule has 0 bridgehead atoms. The molecule has 0 spiro atoms. The molecule has 0 aliphatic carbocycles. The molecule has 0 saturated carbocycles. The third-order valence-corrected chi connectivity index (χ3v) is 2.00. The molecule has 1 rings (SSSR count). The highest BCUT2D eigenvalue weighted by Crippen LogP contribution is 1.99. The lowest BCUT2D eigenvalue weighted by molar-refractivity contribution is -0.115. The van der Waals surface area contributed by atoms with E-state index in [1.807, 2.05) is 0 Å². The number of carbonyl (C=O) groups is 1. The molecule has 0 unspecified atom stereocenters. The van der Waals surface area contributed by atoms with Gasteiger partial charge < -0.3 is 4.74 Å². The van der Waals surface area contributed by atoms with E-state index in [2.05, 4.69) is 4.90 Å². The van der Waals surface area contributed by atoms with Crippen LogP contribution in [-0.2, 0) is 9.53 Å². The van der Waals surface area contributed by atoms with Gasteiger partial charge in [0, 0.05) is 26.4 Å². The first-order valence-corrected chi connectivity index (χ1v) is 4.37. The van der Waals surface area contributed by atoms with Crippen molar-refractivity contribution >= 4 is 5.78 Å². The van der Waals surface area contributed by atoms with E-state index in [0.717, 1.165) is 39.3 Å². The predicted molar refractivity (Wildman–Crippen MR) is 45.8 cm³/mol. The number of nitrogens with zero attached hydrogens (tertiary/aromatic N) is 1. The van der Waals surface area contributed by atoms with Crippen molar-refractivity contribution in [1.82, 2.24) is 4.90 Å². The summed E-state index contributed by atoms with van der Waals surface area (Å²) in [5.74, 6) is -0.205. The minimum absolute atomic E-state index is 0.205. The van der Waals surface area contributed by atoms with E-state index in [9.17, 15) is 4.79 Å². The van der Waals surface area contributed by atoms with E-state index in [1.165, 1.54) is 0 Å². The third kappa shape index (κ3) is 3.83. The molecule has 0 aromatic rings. The largest absolute Gasteiger partial charge is 0.379 e. The van der Waals surface area contributed by atoms with Crippen LogP contribution >= 0.6 is 0 Å². The van der Waals surface area contributed by atoms with Crippen LogP contribution in [0.3, 0.4) is 0 Å². The van der Waals surface area contributed by atoms with Gasteiger partial charge in [-0.2, -0.15) is 0 Å². The first kappa shape index (κ1) is 9.68. The monoisotopic (exact) mass is 169 g/mol. The minimum Gasteiger partial charge on any atom is -0.379 e. The second-order valence-electron chi connectivity index (χ2n) is 3.02. The van der Waals surface area contributed by atoms with Crippen LogP contribution in [0.2, 0.25) is 0 Å². The molecular formula is C9H15NO2. The van der Waals surface area contributed by atoms with Crippen LogP contribution in [0.5, 0.6) is 0 Å². The molecule has 0 N–H and O–H groups in total. The van der Waals surface area contributed by atoms with Gasteiger partial charge in [-0.15, -0.1) is 0 Å². The van der Waals surface area contributed by atoms with Gasteiger partial charge in [-0.3, -0.25) is 9.69 Å². The van der Waals surface area contributed by atoms with Crippen molar-refractivity contribution in [3.63, 3.8) is 0 Å². The third-order valence-electron chi connectivity index (χ3n) is 2.00. The van der Waals surface area contributed by atoms with Crippen LogP contribution in [0.1, 0.15) is 12.8 Å². The van der Waals surface area contributed by atoms with Gasteiger partial charge in [0.25, 0.3) is 0 Å². The number of rotatable bonds is 4. The van der Waals surface area contributed by atoms with Crippen molar-refractivity contribution < 1.29 is 9.53 Å². The van der Waals surface area contributed by atoms with E-state index in [-0.39, 0.29) is 5.78 Å². The SMILES string of the molecule is [CH]C(=O)CCCN1CCOCC1. The number of hydrogen-bond donors (Lipinski definition) is 0. The van der Waals surface area contributed by atoms with Crippen molar-refractivity contribution in [2.45, 2.75) is 12.8 Å². The summed E-state index contributed by atoms with van der Waals surface area (Å²) in [5.41, 5.74) is 0.